The zero-order chi connectivity index (χ0) is 18.4. The molecule has 4 nitrogen and oxygen atoms in total. The number of benzene rings is 1. The summed E-state index contributed by atoms with van der Waals surface area (Å²) in [5, 5.41) is 6.98. The van der Waals surface area contributed by atoms with Crippen LogP contribution in [0.25, 0.3) is 6.08 Å². The molecule has 3 rings (SSSR count). The third kappa shape index (κ3) is 4.95. The van der Waals surface area contributed by atoms with Crippen molar-refractivity contribution in [3.05, 3.63) is 42.0 Å². The second kappa shape index (κ2) is 8.83. The Bertz CT molecular complexity index is 605. The summed E-state index contributed by atoms with van der Waals surface area (Å²) in [7, 11) is 0. The standard InChI is InChI=1S/C22H33N3O/c1-18(2)16-25(14-6-9-19-7-4-3-5-8-19)21(26)20-15-22(17-24-20)10-12-23-13-11-22/h3-9,18,20,23-24H,10-17H2,1-2H3/b9-6+/t20-/m1/s1. The zero-order valence-corrected chi connectivity index (χ0v) is 16.2. The number of amides is 1. The number of rotatable bonds is 6. The quantitative estimate of drug-likeness (QED) is 0.825. The molecule has 0 unspecified atom stereocenters. The van der Waals surface area contributed by atoms with E-state index in [1.165, 1.54) is 18.4 Å². The predicted molar refractivity (Wildman–Crippen MR) is 108 cm³/mol. The van der Waals surface area contributed by atoms with Gasteiger partial charge in [0.2, 0.25) is 5.91 Å². The van der Waals surface area contributed by atoms with Gasteiger partial charge in [-0.25, -0.2) is 0 Å². The van der Waals surface area contributed by atoms with Crippen molar-refractivity contribution >= 4 is 12.0 Å². The van der Waals surface area contributed by atoms with Crippen LogP contribution < -0.4 is 10.6 Å². The minimum absolute atomic E-state index is 0.0167. The monoisotopic (exact) mass is 355 g/mol. The summed E-state index contributed by atoms with van der Waals surface area (Å²) in [4.78, 5) is 15.2. The maximum absolute atomic E-state index is 13.2. The molecule has 0 aromatic heterocycles. The van der Waals surface area contributed by atoms with E-state index in [-0.39, 0.29) is 11.9 Å². The van der Waals surface area contributed by atoms with Crippen molar-refractivity contribution in [1.29, 1.82) is 0 Å². The molecule has 0 radical (unpaired) electrons. The van der Waals surface area contributed by atoms with Crippen LogP contribution in [0.5, 0.6) is 0 Å². The molecule has 2 aliphatic rings. The fourth-order valence-electron chi connectivity index (χ4n) is 4.23. The lowest BCUT2D eigenvalue weighted by atomic mass is 9.77. The Morgan fingerprint density at radius 3 is 2.69 bits per heavy atom. The molecule has 1 aromatic rings. The lowest BCUT2D eigenvalue weighted by Crippen LogP contribution is -2.45. The molecule has 2 N–H and O–H groups in total. The van der Waals surface area contributed by atoms with E-state index < -0.39 is 0 Å². The van der Waals surface area contributed by atoms with E-state index in [4.69, 9.17) is 0 Å². The molecule has 0 aliphatic carbocycles. The molecule has 1 atom stereocenters. The van der Waals surface area contributed by atoms with E-state index in [1.807, 2.05) is 23.1 Å². The number of nitrogens with zero attached hydrogens (tertiary/aromatic N) is 1. The number of piperidine rings is 1. The first kappa shape index (κ1) is 19.1. The Balaban J connectivity index is 1.61. The van der Waals surface area contributed by atoms with Gasteiger partial charge in [0.15, 0.2) is 0 Å². The van der Waals surface area contributed by atoms with E-state index in [0.717, 1.165) is 32.6 Å². The minimum atomic E-state index is -0.0167. The third-order valence-corrected chi connectivity index (χ3v) is 5.66. The van der Waals surface area contributed by atoms with Crippen molar-refractivity contribution in [2.45, 2.75) is 39.2 Å². The molecule has 0 saturated carbocycles. The number of carbonyl (C=O) groups is 1. The highest BCUT2D eigenvalue weighted by atomic mass is 16.2. The minimum Gasteiger partial charge on any atom is -0.337 e. The predicted octanol–water partition coefficient (Wildman–Crippen LogP) is 2.92. The van der Waals surface area contributed by atoms with Crippen molar-refractivity contribution in [3.8, 4) is 0 Å². The van der Waals surface area contributed by atoms with Crippen LogP contribution in [0.4, 0.5) is 0 Å². The van der Waals surface area contributed by atoms with Crippen molar-refractivity contribution in [3.63, 3.8) is 0 Å². The lowest BCUT2D eigenvalue weighted by molar-refractivity contribution is -0.133. The summed E-state index contributed by atoms with van der Waals surface area (Å²) in [5.74, 6) is 0.741. The van der Waals surface area contributed by atoms with Crippen molar-refractivity contribution in [2.75, 3.05) is 32.7 Å². The molecule has 4 heteroatoms. The molecule has 26 heavy (non-hydrogen) atoms. The van der Waals surface area contributed by atoms with Crippen LogP contribution in [0.2, 0.25) is 0 Å². The molecule has 1 aromatic carbocycles. The molecule has 2 aliphatic heterocycles. The highest BCUT2D eigenvalue weighted by Gasteiger charge is 2.43. The van der Waals surface area contributed by atoms with Gasteiger partial charge in [-0.05, 0) is 49.2 Å². The lowest BCUT2D eigenvalue weighted by Gasteiger charge is -2.33. The van der Waals surface area contributed by atoms with Crippen LogP contribution in [0, 0.1) is 11.3 Å². The summed E-state index contributed by atoms with van der Waals surface area (Å²) < 4.78 is 0. The fraction of sp³-hybridized carbons (Fsp3) is 0.591. The van der Waals surface area contributed by atoms with Crippen molar-refractivity contribution in [1.82, 2.24) is 15.5 Å². The first-order valence-electron chi connectivity index (χ1n) is 10.0. The molecule has 1 spiro atoms. The van der Waals surface area contributed by atoms with Gasteiger partial charge in [0.1, 0.15) is 0 Å². The van der Waals surface area contributed by atoms with E-state index in [9.17, 15) is 4.79 Å². The zero-order valence-electron chi connectivity index (χ0n) is 16.2. The third-order valence-electron chi connectivity index (χ3n) is 5.66. The Morgan fingerprint density at radius 1 is 1.27 bits per heavy atom. The summed E-state index contributed by atoms with van der Waals surface area (Å²) in [6.07, 6.45) is 7.58. The topological polar surface area (TPSA) is 44.4 Å². The van der Waals surface area contributed by atoms with Gasteiger partial charge in [-0.2, -0.15) is 0 Å². The average Bonchev–Trinajstić information content (AvgIpc) is 3.05. The first-order valence-corrected chi connectivity index (χ1v) is 10.0. The SMILES string of the molecule is CC(C)CN(C/C=C/c1ccccc1)C(=O)[C@H]1CC2(CCNCC2)CN1. The molecule has 142 valence electrons. The van der Waals surface area contributed by atoms with Gasteiger partial charge in [-0.3, -0.25) is 4.79 Å². The molecule has 2 saturated heterocycles. The van der Waals surface area contributed by atoms with Gasteiger partial charge in [-0.15, -0.1) is 0 Å². The molecule has 2 heterocycles. The molecular formula is C22H33N3O. The Labute approximate surface area is 158 Å². The van der Waals surface area contributed by atoms with Crippen LogP contribution in [0.15, 0.2) is 36.4 Å². The Hall–Kier alpha value is -1.65. The molecule has 2 fully saturated rings. The maximum atomic E-state index is 13.2. The normalized spacial score (nSPS) is 22.3. The van der Waals surface area contributed by atoms with Gasteiger partial charge in [0.05, 0.1) is 6.04 Å². The smallest absolute Gasteiger partial charge is 0.240 e. The number of nitrogens with one attached hydrogen (secondary N) is 2. The van der Waals surface area contributed by atoms with E-state index >= 15 is 0 Å². The first-order chi connectivity index (χ1) is 12.6. The van der Waals surface area contributed by atoms with Crippen LogP contribution in [-0.4, -0.2) is 49.6 Å². The number of carbonyl (C=O) groups excluding carboxylic acids is 1. The van der Waals surface area contributed by atoms with Gasteiger partial charge < -0.3 is 15.5 Å². The van der Waals surface area contributed by atoms with Crippen molar-refractivity contribution in [2.24, 2.45) is 11.3 Å². The second-order valence-corrected chi connectivity index (χ2v) is 8.34. The van der Waals surface area contributed by atoms with Gasteiger partial charge in [0, 0.05) is 19.6 Å². The highest BCUT2D eigenvalue weighted by molar-refractivity contribution is 5.82. The van der Waals surface area contributed by atoms with Crippen LogP contribution in [0.1, 0.15) is 38.7 Å². The molecule has 1 amide bonds. The fourth-order valence-corrected chi connectivity index (χ4v) is 4.23. The molecular weight excluding hydrogens is 322 g/mol. The number of hydrogen-bond acceptors (Lipinski definition) is 3. The van der Waals surface area contributed by atoms with Crippen LogP contribution in [-0.2, 0) is 4.79 Å². The largest absolute Gasteiger partial charge is 0.337 e. The summed E-state index contributed by atoms with van der Waals surface area (Å²) in [6.45, 7) is 9.00. The van der Waals surface area contributed by atoms with Crippen LogP contribution in [0.3, 0.4) is 0 Å². The van der Waals surface area contributed by atoms with Gasteiger partial charge >= 0.3 is 0 Å². The summed E-state index contributed by atoms with van der Waals surface area (Å²) in [5.41, 5.74) is 1.51. The van der Waals surface area contributed by atoms with Gasteiger partial charge in [0.25, 0.3) is 0 Å². The maximum Gasteiger partial charge on any atom is 0.240 e. The average molecular weight is 356 g/mol. The van der Waals surface area contributed by atoms with E-state index in [2.05, 4.69) is 48.8 Å². The molecule has 0 bridgehead atoms. The van der Waals surface area contributed by atoms with Gasteiger partial charge in [-0.1, -0.05) is 56.3 Å². The second-order valence-electron chi connectivity index (χ2n) is 8.34. The summed E-state index contributed by atoms with van der Waals surface area (Å²) >= 11 is 0. The number of hydrogen-bond donors (Lipinski definition) is 2. The van der Waals surface area contributed by atoms with Crippen molar-refractivity contribution < 1.29 is 4.79 Å². The summed E-state index contributed by atoms with van der Waals surface area (Å²) in [6, 6.07) is 10.3. The van der Waals surface area contributed by atoms with Crippen LogP contribution >= 0.6 is 0 Å². The highest BCUT2D eigenvalue weighted by Crippen LogP contribution is 2.37. The Kier molecular flexibility index (Phi) is 6.49. The Morgan fingerprint density at radius 2 is 2.00 bits per heavy atom. The van der Waals surface area contributed by atoms with E-state index in [1.54, 1.807) is 0 Å². The van der Waals surface area contributed by atoms with E-state index in [0.29, 0.717) is 17.9 Å².